The highest BCUT2D eigenvalue weighted by Gasteiger charge is 2.34. The van der Waals surface area contributed by atoms with Crippen molar-refractivity contribution >= 4 is 46.0 Å². The zero-order valence-electron chi connectivity index (χ0n) is 12.7. The van der Waals surface area contributed by atoms with Crippen LogP contribution >= 0.6 is 34.9 Å². The molecule has 4 nitrogen and oxygen atoms in total. The van der Waals surface area contributed by atoms with Gasteiger partial charge in [-0.15, -0.1) is 11.3 Å². The minimum atomic E-state index is -0.693. The number of thioether (sulfide) groups is 2. The summed E-state index contributed by atoms with van der Waals surface area (Å²) in [7, 11) is 0. The van der Waals surface area contributed by atoms with E-state index >= 15 is 0 Å². The molecule has 1 aliphatic rings. The fourth-order valence-electron chi connectivity index (χ4n) is 1.91. The molecule has 1 N–H and O–H groups in total. The van der Waals surface area contributed by atoms with Crippen molar-refractivity contribution in [3.63, 3.8) is 0 Å². The van der Waals surface area contributed by atoms with Gasteiger partial charge < -0.3 is 10.1 Å². The Morgan fingerprint density at radius 1 is 1.52 bits per heavy atom. The molecule has 2 rings (SSSR count). The number of ether oxygens (including phenoxy) is 1. The lowest BCUT2D eigenvalue weighted by Gasteiger charge is -2.21. The van der Waals surface area contributed by atoms with Gasteiger partial charge in [-0.2, -0.15) is 23.5 Å². The minimum absolute atomic E-state index is 0.221. The predicted octanol–water partition coefficient (Wildman–Crippen LogP) is 3.24. The van der Waals surface area contributed by atoms with E-state index < -0.39 is 5.41 Å². The van der Waals surface area contributed by atoms with Gasteiger partial charge in [0.15, 0.2) is 5.13 Å². The van der Waals surface area contributed by atoms with Crippen LogP contribution in [-0.4, -0.2) is 46.6 Å². The minimum Gasteiger partial charge on any atom is -0.465 e. The molecule has 0 radical (unpaired) electrons. The summed E-state index contributed by atoms with van der Waals surface area (Å²) >= 11 is 5.60. The first-order chi connectivity index (χ1) is 10.0. The Kier molecular flexibility index (Phi) is 6.25. The molecular weight excluding hydrogens is 324 g/mol. The number of thiazole rings is 1. The molecule has 1 atom stereocenters. The lowest BCUT2D eigenvalue weighted by atomic mass is 9.90. The molecule has 0 bridgehead atoms. The Morgan fingerprint density at radius 2 is 2.33 bits per heavy atom. The average Bonchev–Trinajstić information content (AvgIpc) is 2.96. The Bertz CT molecular complexity index is 471. The van der Waals surface area contributed by atoms with Gasteiger partial charge in [0.1, 0.15) is 5.41 Å². The van der Waals surface area contributed by atoms with E-state index in [0.29, 0.717) is 11.9 Å². The molecule has 1 fully saturated rings. The number of nitrogens with one attached hydrogen (secondary N) is 1. The highest BCUT2D eigenvalue weighted by atomic mass is 32.2. The van der Waals surface area contributed by atoms with Gasteiger partial charge in [0.05, 0.1) is 12.3 Å². The smallest absolute Gasteiger partial charge is 0.317 e. The third-order valence-electron chi connectivity index (χ3n) is 3.30. The van der Waals surface area contributed by atoms with Gasteiger partial charge in [0.2, 0.25) is 0 Å². The summed E-state index contributed by atoms with van der Waals surface area (Å²) in [6.07, 6.45) is 0. The van der Waals surface area contributed by atoms with E-state index in [-0.39, 0.29) is 5.97 Å². The normalized spacial score (nSPS) is 19.3. The van der Waals surface area contributed by atoms with Gasteiger partial charge in [0, 0.05) is 34.4 Å². The molecule has 0 aliphatic carbocycles. The summed E-state index contributed by atoms with van der Waals surface area (Å²) in [6.45, 7) is 6.87. The summed E-state index contributed by atoms with van der Waals surface area (Å²) in [6, 6.07) is 0. The van der Waals surface area contributed by atoms with Crippen molar-refractivity contribution in [1.82, 2.24) is 4.98 Å². The van der Waals surface area contributed by atoms with Crippen LogP contribution in [0.2, 0.25) is 0 Å². The number of nitrogens with zero attached hydrogens (tertiary/aromatic N) is 1. The Labute approximate surface area is 138 Å². The first-order valence-corrected chi connectivity index (χ1v) is 10.2. The molecule has 1 aromatic rings. The number of carbonyl (C=O) groups is 1. The second-order valence-electron chi connectivity index (χ2n) is 5.33. The molecule has 0 amide bonds. The zero-order chi connectivity index (χ0) is 15.3. The number of hydrogen-bond acceptors (Lipinski definition) is 7. The number of esters is 1. The maximum absolute atomic E-state index is 12.0. The molecule has 1 saturated heterocycles. The molecule has 0 saturated carbocycles. The highest BCUT2D eigenvalue weighted by molar-refractivity contribution is 8.06. The summed E-state index contributed by atoms with van der Waals surface area (Å²) in [5, 5.41) is 6.88. The van der Waals surface area contributed by atoms with Gasteiger partial charge in [-0.3, -0.25) is 4.79 Å². The Balaban J connectivity index is 1.92. The highest BCUT2D eigenvalue weighted by Crippen LogP contribution is 2.29. The maximum atomic E-state index is 12.0. The van der Waals surface area contributed by atoms with Crippen molar-refractivity contribution in [3.05, 3.63) is 11.1 Å². The molecular formula is C14H22N2O2S3. The molecule has 1 aromatic heterocycles. The van der Waals surface area contributed by atoms with Crippen LogP contribution in [0.5, 0.6) is 0 Å². The fraction of sp³-hybridized carbons (Fsp3) is 0.714. The van der Waals surface area contributed by atoms with Gasteiger partial charge in [-0.1, -0.05) is 0 Å². The zero-order valence-corrected chi connectivity index (χ0v) is 15.1. The number of anilines is 1. The lowest BCUT2D eigenvalue weighted by Crippen LogP contribution is -2.31. The second kappa shape index (κ2) is 7.74. The van der Waals surface area contributed by atoms with Crippen LogP contribution < -0.4 is 5.32 Å². The van der Waals surface area contributed by atoms with Crippen LogP contribution in [0.3, 0.4) is 0 Å². The third-order valence-corrected chi connectivity index (χ3v) is 6.94. The van der Waals surface area contributed by atoms with Crippen molar-refractivity contribution in [2.45, 2.75) is 31.4 Å². The van der Waals surface area contributed by atoms with E-state index in [2.05, 4.69) is 10.3 Å². The number of aromatic nitrogens is 1. The van der Waals surface area contributed by atoms with E-state index in [1.54, 1.807) is 11.3 Å². The molecule has 2 heterocycles. The largest absolute Gasteiger partial charge is 0.465 e. The van der Waals surface area contributed by atoms with Crippen LogP contribution in [0, 0.1) is 0 Å². The average molecular weight is 347 g/mol. The summed E-state index contributed by atoms with van der Waals surface area (Å²) in [4.78, 5) is 16.6. The van der Waals surface area contributed by atoms with E-state index in [1.165, 1.54) is 17.3 Å². The third kappa shape index (κ3) is 4.53. The first-order valence-electron chi connectivity index (χ1n) is 7.10. The quantitative estimate of drug-likeness (QED) is 0.798. The van der Waals surface area contributed by atoms with E-state index in [1.807, 2.05) is 49.7 Å². The van der Waals surface area contributed by atoms with Crippen molar-refractivity contribution in [3.8, 4) is 0 Å². The van der Waals surface area contributed by atoms with Crippen LogP contribution in [-0.2, 0) is 14.9 Å². The molecule has 7 heteroatoms. The van der Waals surface area contributed by atoms with Gasteiger partial charge in [-0.25, -0.2) is 4.98 Å². The van der Waals surface area contributed by atoms with Crippen LogP contribution in [0.25, 0.3) is 0 Å². The Hall–Kier alpha value is -0.400. The van der Waals surface area contributed by atoms with E-state index in [4.69, 9.17) is 4.74 Å². The summed E-state index contributed by atoms with van der Waals surface area (Å²) in [5.74, 6) is 3.47. The fourth-order valence-corrected chi connectivity index (χ4v) is 5.41. The summed E-state index contributed by atoms with van der Waals surface area (Å²) in [5.41, 5.74) is 0.0844. The monoisotopic (exact) mass is 346 g/mol. The predicted molar refractivity (Wildman–Crippen MR) is 93.8 cm³/mol. The lowest BCUT2D eigenvalue weighted by molar-refractivity contribution is -0.148. The maximum Gasteiger partial charge on any atom is 0.317 e. The van der Waals surface area contributed by atoms with Crippen LogP contribution in [0.15, 0.2) is 5.38 Å². The van der Waals surface area contributed by atoms with Crippen LogP contribution in [0.1, 0.15) is 26.5 Å². The number of carbonyl (C=O) groups excluding carboxylic acids is 1. The number of rotatable bonds is 6. The topological polar surface area (TPSA) is 51.2 Å². The van der Waals surface area contributed by atoms with E-state index in [0.717, 1.165) is 17.4 Å². The Morgan fingerprint density at radius 3 is 3.00 bits per heavy atom. The SMILES string of the molecule is CCOC(=O)C(C)(C)c1csc(NCC2CSCCS2)n1. The molecule has 0 spiro atoms. The van der Waals surface area contributed by atoms with Crippen molar-refractivity contribution in [2.24, 2.45) is 0 Å². The van der Waals surface area contributed by atoms with E-state index in [9.17, 15) is 4.79 Å². The second-order valence-corrected chi connectivity index (χ2v) is 8.75. The summed E-state index contributed by atoms with van der Waals surface area (Å²) < 4.78 is 5.12. The molecule has 118 valence electrons. The van der Waals surface area contributed by atoms with Crippen molar-refractivity contribution < 1.29 is 9.53 Å². The van der Waals surface area contributed by atoms with Gasteiger partial charge in [-0.05, 0) is 20.8 Å². The molecule has 1 aliphatic heterocycles. The van der Waals surface area contributed by atoms with Gasteiger partial charge >= 0.3 is 5.97 Å². The molecule has 21 heavy (non-hydrogen) atoms. The van der Waals surface area contributed by atoms with Crippen molar-refractivity contribution in [2.75, 3.05) is 35.7 Å². The van der Waals surface area contributed by atoms with Crippen LogP contribution in [0.4, 0.5) is 5.13 Å². The van der Waals surface area contributed by atoms with Gasteiger partial charge in [0.25, 0.3) is 0 Å². The molecule has 1 unspecified atom stereocenters. The molecule has 0 aromatic carbocycles. The standard InChI is InChI=1S/C14H22N2O2S3/c1-4-18-12(17)14(2,3)11-9-21-13(16-11)15-7-10-8-19-5-6-20-10/h9-10H,4-8H2,1-3H3,(H,15,16). The first kappa shape index (κ1) is 17.0. The number of hydrogen-bond donors (Lipinski definition) is 1. The van der Waals surface area contributed by atoms with Crippen molar-refractivity contribution in [1.29, 1.82) is 0 Å².